The molecule has 1 aliphatic rings. The van der Waals surface area contributed by atoms with Gasteiger partial charge in [0.1, 0.15) is 18.4 Å². The summed E-state index contributed by atoms with van der Waals surface area (Å²) in [5, 5.41) is 14.3. The average Bonchev–Trinajstić information content (AvgIpc) is 2.86. The first-order valence-corrected chi connectivity index (χ1v) is 8.01. The number of ether oxygens (including phenoxy) is 1. The van der Waals surface area contributed by atoms with Crippen LogP contribution < -0.4 is 15.4 Å². The molecule has 3 N–H and O–H groups in total. The molecule has 2 rings (SSSR count). The number of aliphatic carboxylic acids is 1. The predicted octanol–water partition coefficient (Wildman–Crippen LogP) is 1.63. The maximum Gasteiger partial charge on any atom is 0.326 e. The van der Waals surface area contributed by atoms with Crippen LogP contribution in [0.3, 0.4) is 0 Å². The molecule has 1 heterocycles. The van der Waals surface area contributed by atoms with Crippen molar-refractivity contribution >= 4 is 23.8 Å². The Morgan fingerprint density at radius 3 is 2.95 bits per heavy atom. The van der Waals surface area contributed by atoms with Gasteiger partial charge in [-0.15, -0.1) is 0 Å². The van der Waals surface area contributed by atoms with Crippen LogP contribution in [0, 0.1) is 0 Å². The molecule has 2 amide bonds. The Morgan fingerprint density at radius 1 is 1.48 bits per heavy atom. The minimum Gasteiger partial charge on any atom is -0.491 e. The number of thioether (sulfide) groups is 1. The third-order valence-electron chi connectivity index (χ3n) is 3.22. The lowest BCUT2D eigenvalue weighted by molar-refractivity contribution is -0.139. The second kappa shape index (κ2) is 7.21. The largest absolute Gasteiger partial charge is 0.491 e. The van der Waals surface area contributed by atoms with Crippen molar-refractivity contribution in [2.45, 2.75) is 18.5 Å². The van der Waals surface area contributed by atoms with E-state index < -0.39 is 18.0 Å². The summed E-state index contributed by atoms with van der Waals surface area (Å²) in [4.78, 5) is 23.0. The quantitative estimate of drug-likeness (QED) is 0.743. The molecule has 1 unspecified atom stereocenters. The summed E-state index contributed by atoms with van der Waals surface area (Å²) in [5.74, 6) is 0.398. The van der Waals surface area contributed by atoms with E-state index in [-0.39, 0.29) is 6.04 Å². The van der Waals surface area contributed by atoms with Crippen molar-refractivity contribution in [2.24, 2.45) is 0 Å². The van der Waals surface area contributed by atoms with Gasteiger partial charge in [0.15, 0.2) is 0 Å². The summed E-state index contributed by atoms with van der Waals surface area (Å²) in [5.41, 5.74) is 0.906. The fraction of sp³-hybridized carbons (Fsp3) is 0.429. The van der Waals surface area contributed by atoms with Crippen LogP contribution in [0.15, 0.2) is 24.3 Å². The molecule has 7 heteroatoms. The fourth-order valence-corrected chi connectivity index (χ4v) is 2.60. The Balaban J connectivity index is 1.91. The summed E-state index contributed by atoms with van der Waals surface area (Å²) >= 11 is 1.54. The summed E-state index contributed by atoms with van der Waals surface area (Å²) in [6, 6.07) is 5.84. The molecule has 114 valence electrons. The van der Waals surface area contributed by atoms with Gasteiger partial charge in [0.05, 0.1) is 6.04 Å². The van der Waals surface area contributed by atoms with Crippen LogP contribution in [0.4, 0.5) is 4.79 Å². The Bertz CT molecular complexity index is 523. The molecular formula is C14H18N2O4S. The van der Waals surface area contributed by atoms with E-state index in [2.05, 4.69) is 10.6 Å². The molecule has 0 bridgehead atoms. The van der Waals surface area contributed by atoms with Crippen LogP contribution in [0.1, 0.15) is 18.0 Å². The molecule has 0 radical (unpaired) electrons. The number of rotatable bonds is 6. The van der Waals surface area contributed by atoms with E-state index >= 15 is 0 Å². The van der Waals surface area contributed by atoms with Crippen molar-refractivity contribution in [3.8, 4) is 5.75 Å². The van der Waals surface area contributed by atoms with E-state index in [1.807, 2.05) is 30.5 Å². The van der Waals surface area contributed by atoms with Gasteiger partial charge >= 0.3 is 12.0 Å². The Labute approximate surface area is 127 Å². The number of nitrogens with one attached hydrogen (secondary N) is 2. The van der Waals surface area contributed by atoms with Crippen LogP contribution in [0.25, 0.3) is 0 Å². The number of carbonyl (C=O) groups excluding carboxylic acids is 1. The number of carboxylic acids is 1. The number of fused-ring (bicyclic) bond motifs is 1. The van der Waals surface area contributed by atoms with Crippen molar-refractivity contribution in [3.63, 3.8) is 0 Å². The van der Waals surface area contributed by atoms with E-state index in [0.29, 0.717) is 18.8 Å². The van der Waals surface area contributed by atoms with Gasteiger partial charge in [-0.25, -0.2) is 9.59 Å². The molecule has 0 fully saturated rings. The first-order chi connectivity index (χ1) is 10.1. The van der Waals surface area contributed by atoms with E-state index in [9.17, 15) is 9.59 Å². The van der Waals surface area contributed by atoms with Gasteiger partial charge in [0.2, 0.25) is 0 Å². The number of benzene rings is 1. The zero-order valence-corrected chi connectivity index (χ0v) is 12.5. The summed E-state index contributed by atoms with van der Waals surface area (Å²) < 4.78 is 5.47. The molecule has 21 heavy (non-hydrogen) atoms. The van der Waals surface area contributed by atoms with Gasteiger partial charge < -0.3 is 20.5 Å². The highest BCUT2D eigenvalue weighted by molar-refractivity contribution is 7.98. The second-order valence-corrected chi connectivity index (χ2v) is 5.68. The lowest BCUT2D eigenvalue weighted by atomic mass is 10.1. The molecule has 2 atom stereocenters. The molecule has 6 nitrogen and oxygen atoms in total. The van der Waals surface area contributed by atoms with E-state index in [4.69, 9.17) is 9.84 Å². The second-order valence-electron chi connectivity index (χ2n) is 4.69. The zero-order valence-electron chi connectivity index (χ0n) is 11.7. The molecule has 0 aromatic heterocycles. The molecule has 0 saturated heterocycles. The number of carbonyl (C=O) groups is 2. The third kappa shape index (κ3) is 4.04. The smallest absolute Gasteiger partial charge is 0.326 e. The van der Waals surface area contributed by atoms with Crippen LogP contribution in [0.2, 0.25) is 0 Å². The number of para-hydroxylation sites is 1. The van der Waals surface area contributed by atoms with E-state index in [1.54, 1.807) is 11.8 Å². The molecule has 1 aliphatic heterocycles. The van der Waals surface area contributed by atoms with Gasteiger partial charge in [-0.3, -0.25) is 0 Å². The molecule has 0 spiro atoms. The van der Waals surface area contributed by atoms with Crippen molar-refractivity contribution in [3.05, 3.63) is 29.8 Å². The normalized spacial score (nSPS) is 17.5. The molecular weight excluding hydrogens is 292 g/mol. The van der Waals surface area contributed by atoms with Crippen LogP contribution >= 0.6 is 11.8 Å². The average molecular weight is 310 g/mol. The first-order valence-electron chi connectivity index (χ1n) is 6.62. The number of hydrogen-bond acceptors (Lipinski definition) is 4. The zero-order chi connectivity index (χ0) is 15.2. The van der Waals surface area contributed by atoms with Gasteiger partial charge in [-0.05, 0) is 24.5 Å². The Kier molecular flexibility index (Phi) is 5.32. The van der Waals surface area contributed by atoms with Gasteiger partial charge in [0, 0.05) is 5.56 Å². The molecule has 0 aliphatic carbocycles. The summed E-state index contributed by atoms with van der Waals surface area (Å²) in [6.45, 7) is 0.356. The first kappa shape index (κ1) is 15.5. The number of amides is 2. The lowest BCUT2D eigenvalue weighted by Crippen LogP contribution is -2.47. The highest BCUT2D eigenvalue weighted by atomic mass is 32.2. The van der Waals surface area contributed by atoms with E-state index in [0.717, 1.165) is 11.3 Å². The highest BCUT2D eigenvalue weighted by Crippen LogP contribution is 2.31. The van der Waals surface area contributed by atoms with E-state index in [1.165, 1.54) is 0 Å². The van der Waals surface area contributed by atoms with Crippen molar-refractivity contribution in [1.82, 2.24) is 10.6 Å². The maximum atomic E-state index is 11.9. The van der Waals surface area contributed by atoms with Crippen LogP contribution in [0.5, 0.6) is 5.75 Å². The summed E-state index contributed by atoms with van der Waals surface area (Å²) in [7, 11) is 0. The monoisotopic (exact) mass is 310 g/mol. The van der Waals surface area contributed by atoms with Gasteiger partial charge in [-0.1, -0.05) is 18.2 Å². The standard InChI is InChI=1S/C14H18N2O4S/c1-21-7-6-10(13(17)18)15-14(19)16-11-8-20-12-5-3-2-4-9(11)12/h2-5,10-11H,6-8H2,1H3,(H,17,18)(H2,15,16,19)/t10-,11?/m1/s1. The highest BCUT2D eigenvalue weighted by Gasteiger charge is 2.26. The minimum atomic E-state index is -1.03. The van der Waals surface area contributed by atoms with Gasteiger partial charge in [0.25, 0.3) is 0 Å². The topological polar surface area (TPSA) is 87.7 Å². The van der Waals surface area contributed by atoms with Crippen LogP contribution in [-0.2, 0) is 4.79 Å². The maximum absolute atomic E-state index is 11.9. The molecule has 0 saturated carbocycles. The molecule has 1 aromatic carbocycles. The van der Waals surface area contributed by atoms with Crippen LogP contribution in [-0.4, -0.2) is 41.8 Å². The SMILES string of the molecule is CSCC[C@@H](NC(=O)NC1COc2ccccc21)C(=O)O. The van der Waals surface area contributed by atoms with Crippen molar-refractivity contribution in [2.75, 3.05) is 18.6 Å². The predicted molar refractivity (Wildman–Crippen MR) is 80.8 cm³/mol. The Morgan fingerprint density at radius 2 is 2.24 bits per heavy atom. The van der Waals surface area contributed by atoms with Crippen molar-refractivity contribution < 1.29 is 19.4 Å². The minimum absolute atomic E-state index is 0.254. The lowest BCUT2D eigenvalue weighted by Gasteiger charge is -2.17. The number of hydrogen-bond donors (Lipinski definition) is 3. The Hall–Kier alpha value is -1.89. The third-order valence-corrected chi connectivity index (χ3v) is 3.86. The van der Waals surface area contributed by atoms with Gasteiger partial charge in [-0.2, -0.15) is 11.8 Å². The van der Waals surface area contributed by atoms with Crippen molar-refractivity contribution in [1.29, 1.82) is 0 Å². The summed E-state index contributed by atoms with van der Waals surface area (Å²) in [6.07, 6.45) is 2.29. The number of urea groups is 1. The fourth-order valence-electron chi connectivity index (χ4n) is 2.13. The molecule has 1 aromatic rings. The number of carboxylic acid groups (broad SMARTS) is 1.